The molecule has 1 fully saturated rings. The largest absolute Gasteiger partial charge is 0.339 e. The van der Waals surface area contributed by atoms with Crippen LogP contribution in [0.3, 0.4) is 0 Å². The Labute approximate surface area is 104 Å². The van der Waals surface area contributed by atoms with E-state index in [2.05, 4.69) is 26.9 Å². The van der Waals surface area contributed by atoms with Crippen LogP contribution < -0.4 is 11.2 Å². The number of imidazole rings is 1. The second-order valence-electron chi connectivity index (χ2n) is 4.78. The molecule has 2 aromatic rings. The lowest BCUT2D eigenvalue weighted by atomic mass is 9.91. The Balaban J connectivity index is 0.000000149. The van der Waals surface area contributed by atoms with E-state index >= 15 is 0 Å². The zero-order valence-corrected chi connectivity index (χ0v) is 10.5. The van der Waals surface area contributed by atoms with Crippen molar-refractivity contribution in [2.24, 2.45) is 5.92 Å². The molecule has 0 amide bonds. The molecule has 2 heterocycles. The Morgan fingerprint density at radius 2 is 1.89 bits per heavy atom. The van der Waals surface area contributed by atoms with E-state index in [-0.39, 0.29) is 11.2 Å². The van der Waals surface area contributed by atoms with E-state index in [1.54, 1.807) is 0 Å². The molecule has 0 atom stereocenters. The van der Waals surface area contributed by atoms with Crippen LogP contribution in [-0.4, -0.2) is 19.9 Å². The molecule has 6 nitrogen and oxygen atoms in total. The van der Waals surface area contributed by atoms with E-state index in [9.17, 15) is 9.59 Å². The minimum absolute atomic E-state index is 0.277. The van der Waals surface area contributed by atoms with Crippen molar-refractivity contribution < 1.29 is 0 Å². The van der Waals surface area contributed by atoms with Crippen molar-refractivity contribution in [3.05, 3.63) is 27.2 Å². The molecule has 0 spiro atoms. The first-order valence-corrected chi connectivity index (χ1v) is 6.32. The smallest absolute Gasteiger partial charge is 0.327 e. The summed E-state index contributed by atoms with van der Waals surface area (Å²) in [6, 6.07) is 0. The standard InChI is InChI=1S/C7H14.C5H4N4O2/c1-7-5-3-2-4-6-7;10-4-2-3(7-1-6-2)8-5(11)9-4/h7H,2-6H2,1H3;1H,(H3,6,7,8,9,10,11). The van der Waals surface area contributed by atoms with E-state index in [4.69, 9.17) is 0 Å². The van der Waals surface area contributed by atoms with E-state index < -0.39 is 11.2 Å². The molecule has 3 rings (SSSR count). The number of hydrogen-bond donors (Lipinski definition) is 3. The van der Waals surface area contributed by atoms with Crippen molar-refractivity contribution >= 4 is 11.2 Å². The van der Waals surface area contributed by atoms with Crippen LogP contribution in [0, 0.1) is 5.92 Å². The molecule has 0 aromatic carbocycles. The van der Waals surface area contributed by atoms with Gasteiger partial charge < -0.3 is 4.98 Å². The predicted octanol–water partition coefficient (Wildman–Crippen LogP) is 1.53. The van der Waals surface area contributed by atoms with Gasteiger partial charge in [-0.2, -0.15) is 0 Å². The zero-order chi connectivity index (χ0) is 13.0. The third-order valence-electron chi connectivity index (χ3n) is 3.22. The molecule has 3 N–H and O–H groups in total. The molecule has 0 bridgehead atoms. The Kier molecular flexibility index (Phi) is 3.96. The van der Waals surface area contributed by atoms with Crippen LogP contribution in [0.15, 0.2) is 15.9 Å². The summed E-state index contributed by atoms with van der Waals surface area (Å²) < 4.78 is 0. The molecule has 1 saturated carbocycles. The highest BCUT2D eigenvalue weighted by Crippen LogP contribution is 2.22. The highest BCUT2D eigenvalue weighted by atomic mass is 16.2. The van der Waals surface area contributed by atoms with Gasteiger partial charge in [0, 0.05) is 0 Å². The Morgan fingerprint density at radius 1 is 1.17 bits per heavy atom. The summed E-state index contributed by atoms with van der Waals surface area (Å²) in [6.07, 6.45) is 8.78. The SMILES string of the molecule is CC1CCCCC1.O=c1[nH]c(=O)c2[nH]cnc2[nH]1. The maximum absolute atomic E-state index is 10.9. The summed E-state index contributed by atoms with van der Waals surface area (Å²) in [6.45, 7) is 2.36. The van der Waals surface area contributed by atoms with Gasteiger partial charge >= 0.3 is 5.69 Å². The molecule has 2 aromatic heterocycles. The van der Waals surface area contributed by atoms with Gasteiger partial charge in [-0.3, -0.25) is 14.8 Å². The molecule has 1 aliphatic rings. The third-order valence-corrected chi connectivity index (χ3v) is 3.22. The van der Waals surface area contributed by atoms with Gasteiger partial charge in [-0.05, 0) is 5.92 Å². The van der Waals surface area contributed by atoms with Crippen molar-refractivity contribution in [1.82, 2.24) is 19.9 Å². The first-order chi connectivity index (χ1) is 8.66. The summed E-state index contributed by atoms with van der Waals surface area (Å²) in [5.41, 5.74) is -0.445. The van der Waals surface area contributed by atoms with Gasteiger partial charge in [0.2, 0.25) is 0 Å². The molecule has 1 aliphatic carbocycles. The summed E-state index contributed by atoms with van der Waals surface area (Å²) in [5.74, 6) is 1.04. The normalized spacial score (nSPS) is 16.3. The van der Waals surface area contributed by atoms with Gasteiger partial charge in [0.1, 0.15) is 5.52 Å². The monoisotopic (exact) mass is 250 g/mol. The maximum Gasteiger partial charge on any atom is 0.327 e. The lowest BCUT2D eigenvalue weighted by Gasteiger charge is -2.15. The van der Waals surface area contributed by atoms with Gasteiger partial charge in [-0.25, -0.2) is 9.78 Å². The fraction of sp³-hybridized carbons (Fsp3) is 0.583. The van der Waals surface area contributed by atoms with Crippen molar-refractivity contribution in [2.75, 3.05) is 0 Å². The first kappa shape index (κ1) is 12.6. The van der Waals surface area contributed by atoms with Gasteiger partial charge in [0.15, 0.2) is 5.65 Å². The third kappa shape index (κ3) is 3.09. The highest BCUT2D eigenvalue weighted by Gasteiger charge is 2.06. The number of aromatic nitrogens is 4. The molecule has 98 valence electrons. The van der Waals surface area contributed by atoms with Crippen LogP contribution in [0.2, 0.25) is 0 Å². The van der Waals surface area contributed by atoms with Gasteiger partial charge in [-0.1, -0.05) is 39.0 Å². The van der Waals surface area contributed by atoms with E-state index in [0.29, 0.717) is 0 Å². The van der Waals surface area contributed by atoms with Crippen LogP contribution in [0.4, 0.5) is 0 Å². The number of fused-ring (bicyclic) bond motifs is 1. The molecule has 0 unspecified atom stereocenters. The lowest BCUT2D eigenvalue weighted by molar-refractivity contribution is 0.385. The molecular formula is C12H18N4O2. The quantitative estimate of drug-likeness (QED) is 0.661. The van der Waals surface area contributed by atoms with Crippen LogP contribution in [0.1, 0.15) is 39.0 Å². The van der Waals surface area contributed by atoms with Crippen LogP contribution in [0.25, 0.3) is 11.2 Å². The summed E-state index contributed by atoms with van der Waals surface area (Å²) >= 11 is 0. The first-order valence-electron chi connectivity index (χ1n) is 6.32. The van der Waals surface area contributed by atoms with Gasteiger partial charge in [0.25, 0.3) is 5.56 Å². The van der Waals surface area contributed by atoms with Crippen molar-refractivity contribution in [3.8, 4) is 0 Å². The fourth-order valence-electron chi connectivity index (χ4n) is 2.17. The highest BCUT2D eigenvalue weighted by molar-refractivity contribution is 5.67. The Bertz CT molecular complexity index is 604. The van der Waals surface area contributed by atoms with Crippen LogP contribution in [-0.2, 0) is 0 Å². The molecule has 0 radical (unpaired) electrons. The second-order valence-corrected chi connectivity index (χ2v) is 4.78. The molecule has 0 saturated heterocycles. The topological polar surface area (TPSA) is 94.4 Å². The summed E-state index contributed by atoms with van der Waals surface area (Å²) in [4.78, 5) is 32.3. The van der Waals surface area contributed by atoms with E-state index in [1.165, 1.54) is 38.4 Å². The van der Waals surface area contributed by atoms with Crippen molar-refractivity contribution in [2.45, 2.75) is 39.0 Å². The number of rotatable bonds is 0. The fourth-order valence-corrected chi connectivity index (χ4v) is 2.17. The number of nitrogens with one attached hydrogen (secondary N) is 3. The van der Waals surface area contributed by atoms with E-state index in [1.807, 2.05) is 0 Å². The molecular weight excluding hydrogens is 232 g/mol. The van der Waals surface area contributed by atoms with E-state index in [0.717, 1.165) is 5.92 Å². The second kappa shape index (κ2) is 5.66. The van der Waals surface area contributed by atoms with Gasteiger partial charge in [-0.15, -0.1) is 0 Å². The maximum atomic E-state index is 10.9. The average molecular weight is 250 g/mol. The number of hydrogen-bond acceptors (Lipinski definition) is 3. The van der Waals surface area contributed by atoms with Crippen molar-refractivity contribution in [1.29, 1.82) is 0 Å². The Morgan fingerprint density at radius 3 is 2.50 bits per heavy atom. The Hall–Kier alpha value is -1.85. The summed E-state index contributed by atoms with van der Waals surface area (Å²) in [5, 5.41) is 0. The minimum atomic E-state index is -0.547. The zero-order valence-electron chi connectivity index (χ0n) is 10.5. The molecule has 18 heavy (non-hydrogen) atoms. The number of nitrogens with zero attached hydrogens (tertiary/aromatic N) is 1. The van der Waals surface area contributed by atoms with Crippen LogP contribution in [0.5, 0.6) is 0 Å². The summed E-state index contributed by atoms with van der Waals surface area (Å²) in [7, 11) is 0. The van der Waals surface area contributed by atoms with Crippen molar-refractivity contribution in [3.63, 3.8) is 0 Å². The van der Waals surface area contributed by atoms with Crippen LogP contribution >= 0.6 is 0 Å². The minimum Gasteiger partial charge on any atom is -0.339 e. The lowest BCUT2D eigenvalue weighted by Crippen LogP contribution is -2.21. The number of H-pyrrole nitrogens is 3. The average Bonchev–Trinajstić information content (AvgIpc) is 2.79. The molecule has 6 heteroatoms. The molecule has 0 aliphatic heterocycles. The predicted molar refractivity (Wildman–Crippen MR) is 69.6 cm³/mol. The number of aromatic amines is 3. The van der Waals surface area contributed by atoms with Gasteiger partial charge in [0.05, 0.1) is 6.33 Å².